The molecule has 2 atom stereocenters. The summed E-state index contributed by atoms with van der Waals surface area (Å²) in [4.78, 5) is 0. The fourth-order valence-electron chi connectivity index (χ4n) is 4.37. The van der Waals surface area contributed by atoms with Gasteiger partial charge in [0.1, 0.15) is 0 Å². The van der Waals surface area contributed by atoms with E-state index >= 15 is 0 Å². The Balaban J connectivity index is 1.82. The van der Waals surface area contributed by atoms with Crippen LogP contribution in [0.4, 0.5) is 0 Å². The second-order valence-electron chi connectivity index (χ2n) is 7.69. The monoisotopic (exact) mass is 321 g/mol. The van der Waals surface area contributed by atoms with Crippen LogP contribution in [0.2, 0.25) is 0 Å². The van der Waals surface area contributed by atoms with E-state index in [-0.39, 0.29) is 5.54 Å². The van der Waals surface area contributed by atoms with Crippen LogP contribution in [0.3, 0.4) is 0 Å². The van der Waals surface area contributed by atoms with Crippen molar-refractivity contribution < 1.29 is 0 Å². The van der Waals surface area contributed by atoms with Gasteiger partial charge in [0.2, 0.25) is 0 Å². The zero-order chi connectivity index (χ0) is 16.8. The van der Waals surface area contributed by atoms with E-state index in [1.807, 2.05) is 0 Å². The molecule has 2 unspecified atom stereocenters. The first-order valence-electron chi connectivity index (χ1n) is 9.57. The first kappa shape index (κ1) is 17.2. The molecule has 2 aromatic rings. The van der Waals surface area contributed by atoms with Crippen molar-refractivity contribution >= 4 is 0 Å². The third kappa shape index (κ3) is 4.08. The third-order valence-electron chi connectivity index (χ3n) is 5.91. The van der Waals surface area contributed by atoms with Gasteiger partial charge >= 0.3 is 0 Å². The molecule has 0 heterocycles. The molecule has 1 aliphatic carbocycles. The smallest absolute Gasteiger partial charge is 0.0450 e. The van der Waals surface area contributed by atoms with Crippen LogP contribution in [0.15, 0.2) is 60.7 Å². The van der Waals surface area contributed by atoms with E-state index in [1.165, 1.54) is 56.1 Å². The molecule has 0 aliphatic heterocycles. The van der Waals surface area contributed by atoms with Crippen molar-refractivity contribution in [3.8, 4) is 0 Å². The number of benzene rings is 2. The maximum atomic E-state index is 6.93. The van der Waals surface area contributed by atoms with Gasteiger partial charge in [-0.1, -0.05) is 92.8 Å². The summed E-state index contributed by atoms with van der Waals surface area (Å²) in [5, 5.41) is 0. The molecule has 3 rings (SSSR count). The van der Waals surface area contributed by atoms with Crippen molar-refractivity contribution in [1.82, 2.24) is 0 Å². The van der Waals surface area contributed by atoms with Crippen LogP contribution in [-0.4, -0.2) is 0 Å². The highest BCUT2D eigenvalue weighted by atomic mass is 14.7. The van der Waals surface area contributed by atoms with E-state index in [2.05, 4.69) is 67.6 Å². The minimum atomic E-state index is -0.336. The van der Waals surface area contributed by atoms with Gasteiger partial charge in [-0.2, -0.15) is 0 Å². The summed E-state index contributed by atoms with van der Waals surface area (Å²) in [7, 11) is 0. The standard InChI is InChI=1S/C23H31N/c1-23(24,21-15-9-4-10-16-21)22(20-13-7-3-8-14-20)18-17-19-11-5-2-6-12-19/h3-4,7-10,13-16,19,22H,2,5-6,11-12,17-18,24H2,1H3. The van der Waals surface area contributed by atoms with Crippen molar-refractivity contribution in [2.75, 3.05) is 0 Å². The minimum Gasteiger partial charge on any atom is -0.321 e. The summed E-state index contributed by atoms with van der Waals surface area (Å²) in [6, 6.07) is 21.5. The van der Waals surface area contributed by atoms with Crippen molar-refractivity contribution in [2.24, 2.45) is 11.7 Å². The van der Waals surface area contributed by atoms with Crippen LogP contribution in [0.25, 0.3) is 0 Å². The number of rotatable bonds is 6. The Hall–Kier alpha value is -1.60. The molecule has 1 aliphatic rings. The highest BCUT2D eigenvalue weighted by Gasteiger charge is 2.33. The Bertz CT molecular complexity index is 596. The van der Waals surface area contributed by atoms with Crippen LogP contribution >= 0.6 is 0 Å². The molecule has 0 bridgehead atoms. The van der Waals surface area contributed by atoms with Gasteiger partial charge in [0.25, 0.3) is 0 Å². The van der Waals surface area contributed by atoms with E-state index in [9.17, 15) is 0 Å². The van der Waals surface area contributed by atoms with Gasteiger partial charge in [-0.25, -0.2) is 0 Å². The van der Waals surface area contributed by atoms with E-state index in [0.717, 1.165) is 5.92 Å². The Morgan fingerprint density at radius 3 is 2.12 bits per heavy atom. The lowest BCUT2D eigenvalue weighted by atomic mass is 9.72. The maximum Gasteiger partial charge on any atom is 0.0450 e. The van der Waals surface area contributed by atoms with Crippen molar-refractivity contribution in [3.63, 3.8) is 0 Å². The fraction of sp³-hybridized carbons (Fsp3) is 0.478. The molecule has 1 nitrogen and oxygen atoms in total. The molecule has 2 N–H and O–H groups in total. The normalized spacial score (nSPS) is 19.6. The van der Waals surface area contributed by atoms with Crippen molar-refractivity contribution in [2.45, 2.75) is 63.3 Å². The number of hydrogen-bond donors (Lipinski definition) is 1. The second kappa shape index (κ2) is 7.98. The second-order valence-corrected chi connectivity index (χ2v) is 7.69. The molecule has 128 valence electrons. The molecule has 0 aromatic heterocycles. The summed E-state index contributed by atoms with van der Waals surface area (Å²) >= 11 is 0. The average Bonchev–Trinajstić information content (AvgIpc) is 2.64. The summed E-state index contributed by atoms with van der Waals surface area (Å²) < 4.78 is 0. The van der Waals surface area contributed by atoms with Crippen LogP contribution in [0, 0.1) is 5.92 Å². The van der Waals surface area contributed by atoms with Crippen LogP contribution in [-0.2, 0) is 5.54 Å². The minimum absolute atomic E-state index is 0.336. The summed E-state index contributed by atoms with van der Waals surface area (Å²) in [6.45, 7) is 2.21. The molecule has 1 heteroatoms. The molecular formula is C23H31N. The third-order valence-corrected chi connectivity index (χ3v) is 5.91. The fourth-order valence-corrected chi connectivity index (χ4v) is 4.37. The van der Waals surface area contributed by atoms with Gasteiger partial charge in [0.05, 0.1) is 0 Å². The Labute approximate surface area is 147 Å². The Morgan fingerprint density at radius 2 is 1.50 bits per heavy atom. The van der Waals surface area contributed by atoms with Gasteiger partial charge in [0, 0.05) is 11.5 Å². The Kier molecular flexibility index (Phi) is 5.73. The molecular weight excluding hydrogens is 290 g/mol. The van der Waals surface area contributed by atoms with E-state index in [0.29, 0.717) is 5.92 Å². The highest BCUT2D eigenvalue weighted by molar-refractivity contribution is 5.31. The molecule has 0 saturated heterocycles. The lowest BCUT2D eigenvalue weighted by Crippen LogP contribution is -2.40. The molecule has 0 spiro atoms. The summed E-state index contributed by atoms with van der Waals surface area (Å²) in [5.74, 6) is 1.26. The van der Waals surface area contributed by atoms with Crippen LogP contribution < -0.4 is 5.73 Å². The van der Waals surface area contributed by atoms with E-state index in [4.69, 9.17) is 5.73 Å². The van der Waals surface area contributed by atoms with Gasteiger partial charge < -0.3 is 5.73 Å². The average molecular weight is 322 g/mol. The lowest BCUT2D eigenvalue weighted by molar-refractivity contribution is 0.290. The number of nitrogens with two attached hydrogens (primary N) is 1. The zero-order valence-electron chi connectivity index (χ0n) is 15.0. The summed E-state index contributed by atoms with van der Waals surface area (Å²) in [5.41, 5.74) is 9.21. The number of hydrogen-bond acceptors (Lipinski definition) is 1. The first-order valence-corrected chi connectivity index (χ1v) is 9.57. The zero-order valence-corrected chi connectivity index (χ0v) is 15.0. The van der Waals surface area contributed by atoms with Crippen LogP contribution in [0.5, 0.6) is 0 Å². The van der Waals surface area contributed by atoms with Crippen molar-refractivity contribution in [1.29, 1.82) is 0 Å². The summed E-state index contributed by atoms with van der Waals surface area (Å²) in [6.07, 6.45) is 9.56. The largest absolute Gasteiger partial charge is 0.321 e. The Morgan fingerprint density at radius 1 is 0.917 bits per heavy atom. The maximum absolute atomic E-state index is 6.93. The molecule has 0 amide bonds. The van der Waals surface area contributed by atoms with E-state index < -0.39 is 0 Å². The first-order chi connectivity index (χ1) is 11.7. The lowest BCUT2D eigenvalue weighted by Gasteiger charge is -2.36. The van der Waals surface area contributed by atoms with Crippen LogP contribution in [0.1, 0.15) is 68.9 Å². The highest BCUT2D eigenvalue weighted by Crippen LogP contribution is 2.40. The molecule has 2 aromatic carbocycles. The van der Waals surface area contributed by atoms with Gasteiger partial charge in [-0.15, -0.1) is 0 Å². The van der Waals surface area contributed by atoms with Gasteiger partial charge in [0.15, 0.2) is 0 Å². The molecule has 1 fully saturated rings. The predicted molar refractivity (Wildman–Crippen MR) is 103 cm³/mol. The molecule has 1 saturated carbocycles. The topological polar surface area (TPSA) is 26.0 Å². The van der Waals surface area contributed by atoms with Crippen molar-refractivity contribution in [3.05, 3.63) is 71.8 Å². The van der Waals surface area contributed by atoms with Gasteiger partial charge in [-0.05, 0) is 36.8 Å². The predicted octanol–water partition coefficient (Wildman–Crippen LogP) is 6.00. The van der Waals surface area contributed by atoms with E-state index in [1.54, 1.807) is 0 Å². The SMILES string of the molecule is CC(N)(c1ccccc1)C(CCC1CCCCC1)c1ccccc1. The quantitative estimate of drug-likeness (QED) is 0.693. The van der Waals surface area contributed by atoms with Gasteiger partial charge in [-0.3, -0.25) is 0 Å². The molecule has 0 radical (unpaired) electrons. The molecule has 24 heavy (non-hydrogen) atoms.